The molecule has 1 aromatic heterocycles. The highest BCUT2D eigenvalue weighted by molar-refractivity contribution is 9.08. The predicted octanol–water partition coefficient (Wildman–Crippen LogP) is 3.84. The largest absolute Gasteiger partial charge is 0.196 e. The van der Waals surface area contributed by atoms with Crippen LogP contribution in [0, 0.1) is 0 Å². The van der Waals surface area contributed by atoms with Crippen molar-refractivity contribution >= 4 is 49.1 Å². The number of hydrogen-bond acceptors (Lipinski definition) is 2. The third-order valence-corrected chi connectivity index (χ3v) is 3.26. The van der Waals surface area contributed by atoms with Gasteiger partial charge in [-0.3, -0.25) is 0 Å². The molecule has 2 aromatic rings. The molecule has 0 fully saturated rings. The molecule has 1 aromatic carbocycles. The number of fused-ring (bicyclic) bond motifs is 1. The lowest BCUT2D eigenvalue weighted by atomic mass is 10.2. The van der Waals surface area contributed by atoms with Crippen molar-refractivity contribution in [3.63, 3.8) is 0 Å². The number of halogens is 2. The zero-order valence-corrected chi connectivity index (χ0v) is 9.21. The fourth-order valence-electron chi connectivity index (χ4n) is 1.06. The summed E-state index contributed by atoms with van der Waals surface area (Å²) in [6.07, 6.45) is 0. The summed E-state index contributed by atoms with van der Waals surface area (Å²) in [6.45, 7) is 0. The Morgan fingerprint density at radius 3 is 3.08 bits per heavy atom. The third kappa shape index (κ3) is 1.37. The second-order valence-electron chi connectivity index (χ2n) is 2.40. The number of rotatable bonds is 1. The molecule has 0 aliphatic rings. The molecule has 0 saturated heterocycles. The van der Waals surface area contributed by atoms with Gasteiger partial charge >= 0.3 is 0 Å². The van der Waals surface area contributed by atoms with Gasteiger partial charge in [-0.15, -0.1) is 0 Å². The van der Waals surface area contributed by atoms with Gasteiger partial charge in [0.15, 0.2) is 0 Å². The molecule has 12 heavy (non-hydrogen) atoms. The van der Waals surface area contributed by atoms with E-state index >= 15 is 0 Å². The van der Waals surface area contributed by atoms with E-state index in [2.05, 4.69) is 20.3 Å². The van der Waals surface area contributed by atoms with E-state index in [4.69, 9.17) is 11.6 Å². The predicted molar refractivity (Wildman–Crippen MR) is 57.3 cm³/mol. The van der Waals surface area contributed by atoms with Crippen LogP contribution in [0.15, 0.2) is 18.2 Å². The van der Waals surface area contributed by atoms with Gasteiger partial charge in [-0.1, -0.05) is 27.5 Å². The van der Waals surface area contributed by atoms with E-state index in [0.717, 1.165) is 21.4 Å². The Morgan fingerprint density at radius 2 is 2.33 bits per heavy atom. The topological polar surface area (TPSA) is 12.9 Å². The van der Waals surface area contributed by atoms with Gasteiger partial charge in [0.25, 0.3) is 0 Å². The Balaban J connectivity index is 2.75. The lowest BCUT2D eigenvalue weighted by Crippen LogP contribution is -1.75. The highest BCUT2D eigenvalue weighted by atomic mass is 79.9. The van der Waals surface area contributed by atoms with Gasteiger partial charge in [-0.25, -0.2) is 0 Å². The zero-order valence-electron chi connectivity index (χ0n) is 6.05. The van der Waals surface area contributed by atoms with Crippen LogP contribution in [0.5, 0.6) is 0 Å². The van der Waals surface area contributed by atoms with Crippen LogP contribution in [0.2, 0.25) is 5.02 Å². The van der Waals surface area contributed by atoms with E-state index in [1.807, 2.05) is 18.2 Å². The maximum absolute atomic E-state index is 5.87. The summed E-state index contributed by atoms with van der Waals surface area (Å²) in [7, 11) is 0. The molecule has 1 heterocycles. The van der Waals surface area contributed by atoms with Gasteiger partial charge < -0.3 is 0 Å². The fraction of sp³-hybridized carbons (Fsp3) is 0.125. The first-order chi connectivity index (χ1) is 5.81. The fourth-order valence-corrected chi connectivity index (χ4v) is 2.60. The van der Waals surface area contributed by atoms with Crippen molar-refractivity contribution in [3.05, 3.63) is 28.9 Å². The van der Waals surface area contributed by atoms with Crippen LogP contribution in [-0.4, -0.2) is 4.37 Å². The molecule has 0 atom stereocenters. The zero-order chi connectivity index (χ0) is 8.55. The van der Waals surface area contributed by atoms with E-state index in [-0.39, 0.29) is 0 Å². The Bertz CT molecular complexity index is 412. The van der Waals surface area contributed by atoms with E-state index in [1.165, 1.54) is 16.2 Å². The first-order valence-electron chi connectivity index (χ1n) is 3.41. The van der Waals surface area contributed by atoms with Gasteiger partial charge in [0.2, 0.25) is 0 Å². The summed E-state index contributed by atoms with van der Waals surface area (Å²) in [6, 6.07) is 5.85. The van der Waals surface area contributed by atoms with Gasteiger partial charge in [-0.05, 0) is 29.7 Å². The Kier molecular flexibility index (Phi) is 2.35. The molecule has 1 nitrogen and oxygen atoms in total. The molecule has 0 spiro atoms. The van der Waals surface area contributed by atoms with Gasteiger partial charge in [0.05, 0.1) is 10.4 Å². The SMILES string of the molecule is Clc1ccc2snc(CBr)c2c1. The number of alkyl halides is 1. The van der Waals surface area contributed by atoms with Crippen LogP contribution >= 0.6 is 39.1 Å². The second-order valence-corrected chi connectivity index (χ2v) is 4.21. The summed E-state index contributed by atoms with van der Waals surface area (Å²) in [5, 5.41) is 2.71. The molecule has 2 rings (SSSR count). The highest BCUT2D eigenvalue weighted by Crippen LogP contribution is 2.26. The quantitative estimate of drug-likeness (QED) is 0.712. The molecule has 0 aliphatic heterocycles. The van der Waals surface area contributed by atoms with Crippen molar-refractivity contribution in [3.8, 4) is 0 Å². The van der Waals surface area contributed by atoms with E-state index in [1.54, 1.807) is 0 Å². The second kappa shape index (κ2) is 3.32. The number of aromatic nitrogens is 1. The molecular formula is C8H5BrClNS. The number of benzene rings is 1. The van der Waals surface area contributed by atoms with Crippen molar-refractivity contribution < 1.29 is 0 Å². The lowest BCUT2D eigenvalue weighted by Gasteiger charge is -1.91. The van der Waals surface area contributed by atoms with E-state index in [0.29, 0.717) is 0 Å². The smallest absolute Gasteiger partial charge is 0.0726 e. The molecule has 0 N–H and O–H groups in total. The van der Waals surface area contributed by atoms with Crippen LogP contribution in [0.4, 0.5) is 0 Å². The standard InChI is InChI=1S/C8H5BrClNS/c9-4-7-6-3-5(10)1-2-8(6)12-11-7/h1-3H,4H2. The molecule has 0 unspecified atom stereocenters. The van der Waals surface area contributed by atoms with Crippen molar-refractivity contribution in [2.75, 3.05) is 0 Å². The summed E-state index contributed by atoms with van der Waals surface area (Å²) in [5.41, 5.74) is 1.07. The number of hydrogen-bond donors (Lipinski definition) is 0. The molecule has 62 valence electrons. The molecule has 0 radical (unpaired) electrons. The summed E-state index contributed by atoms with van der Waals surface area (Å²) < 4.78 is 5.48. The maximum atomic E-state index is 5.87. The molecular weight excluding hydrogens is 258 g/mol. The minimum absolute atomic E-state index is 0.768. The van der Waals surface area contributed by atoms with Crippen LogP contribution in [0.3, 0.4) is 0 Å². The molecule has 0 aliphatic carbocycles. The molecule has 0 saturated carbocycles. The summed E-state index contributed by atoms with van der Waals surface area (Å²) in [4.78, 5) is 0. The average molecular weight is 263 g/mol. The van der Waals surface area contributed by atoms with E-state index < -0.39 is 0 Å². The maximum Gasteiger partial charge on any atom is 0.0726 e. The van der Waals surface area contributed by atoms with Gasteiger partial charge in [-0.2, -0.15) is 4.37 Å². The van der Waals surface area contributed by atoms with Crippen LogP contribution < -0.4 is 0 Å². The van der Waals surface area contributed by atoms with Crippen molar-refractivity contribution in [2.24, 2.45) is 0 Å². The van der Waals surface area contributed by atoms with Crippen LogP contribution in [-0.2, 0) is 5.33 Å². The Hall–Kier alpha value is -0.120. The van der Waals surface area contributed by atoms with Crippen LogP contribution in [0.25, 0.3) is 10.1 Å². The van der Waals surface area contributed by atoms with Crippen molar-refractivity contribution in [1.82, 2.24) is 4.37 Å². The third-order valence-electron chi connectivity index (χ3n) is 1.63. The van der Waals surface area contributed by atoms with E-state index in [9.17, 15) is 0 Å². The van der Waals surface area contributed by atoms with Crippen molar-refractivity contribution in [2.45, 2.75) is 5.33 Å². The number of nitrogens with zero attached hydrogens (tertiary/aromatic N) is 1. The van der Waals surface area contributed by atoms with Gasteiger partial charge in [0, 0.05) is 15.7 Å². The minimum atomic E-state index is 0.768. The Labute approximate surface area is 87.6 Å². The van der Waals surface area contributed by atoms with Crippen molar-refractivity contribution in [1.29, 1.82) is 0 Å². The lowest BCUT2D eigenvalue weighted by molar-refractivity contribution is 1.35. The first kappa shape index (κ1) is 8.48. The normalized spacial score (nSPS) is 10.8. The Morgan fingerprint density at radius 1 is 1.50 bits per heavy atom. The minimum Gasteiger partial charge on any atom is -0.196 e. The summed E-state index contributed by atoms with van der Waals surface area (Å²) >= 11 is 10.8. The average Bonchev–Trinajstić information content (AvgIpc) is 2.46. The van der Waals surface area contributed by atoms with Gasteiger partial charge in [0.1, 0.15) is 0 Å². The van der Waals surface area contributed by atoms with Crippen LogP contribution in [0.1, 0.15) is 5.69 Å². The highest BCUT2D eigenvalue weighted by Gasteiger charge is 2.04. The molecule has 0 bridgehead atoms. The first-order valence-corrected chi connectivity index (χ1v) is 5.68. The molecule has 0 amide bonds. The monoisotopic (exact) mass is 261 g/mol. The molecule has 4 heteroatoms. The summed E-state index contributed by atoms with van der Waals surface area (Å²) in [5.74, 6) is 0.